The fourth-order valence-corrected chi connectivity index (χ4v) is 3.33. The Labute approximate surface area is 183 Å². The summed E-state index contributed by atoms with van der Waals surface area (Å²) < 4.78 is 5.66. The van der Waals surface area contributed by atoms with Crippen LogP contribution in [-0.2, 0) is 16.2 Å². The van der Waals surface area contributed by atoms with E-state index >= 15 is 0 Å². The summed E-state index contributed by atoms with van der Waals surface area (Å²) in [6, 6.07) is 20.6. The van der Waals surface area contributed by atoms with Crippen molar-refractivity contribution in [2.75, 3.05) is 5.01 Å². The predicted octanol–water partition coefficient (Wildman–Crippen LogP) is 3.94. The van der Waals surface area contributed by atoms with Crippen molar-refractivity contribution >= 4 is 29.3 Å². The molecule has 1 aliphatic heterocycles. The van der Waals surface area contributed by atoms with Crippen LogP contribution in [0.15, 0.2) is 78.4 Å². The van der Waals surface area contributed by atoms with Crippen molar-refractivity contribution in [1.29, 1.82) is 0 Å². The summed E-state index contributed by atoms with van der Waals surface area (Å²) in [5, 5.41) is 12.7. The summed E-state index contributed by atoms with van der Waals surface area (Å²) in [5.74, 6) is -1.02. The van der Waals surface area contributed by atoms with Crippen LogP contribution in [0.1, 0.15) is 16.7 Å². The van der Waals surface area contributed by atoms with E-state index in [1.54, 1.807) is 36.4 Å². The maximum atomic E-state index is 12.7. The van der Waals surface area contributed by atoms with E-state index in [1.807, 2.05) is 31.2 Å². The summed E-state index contributed by atoms with van der Waals surface area (Å²) in [4.78, 5) is 36.1. The number of nitrogens with zero attached hydrogens (tertiary/aromatic N) is 2. The van der Waals surface area contributed by atoms with Crippen molar-refractivity contribution < 1.29 is 19.2 Å². The van der Waals surface area contributed by atoms with Gasteiger partial charge in [-0.2, -0.15) is 0 Å². The van der Waals surface area contributed by atoms with Crippen LogP contribution in [0.25, 0.3) is 6.08 Å². The quantitative estimate of drug-likeness (QED) is 0.277. The molecule has 1 fully saturated rings. The number of aryl methyl sites for hydroxylation is 1. The number of anilines is 1. The minimum Gasteiger partial charge on any atom is -0.482 e. The number of nitrogens with one attached hydrogen (secondary N) is 1. The van der Waals surface area contributed by atoms with Crippen LogP contribution < -0.4 is 15.2 Å². The molecule has 32 heavy (non-hydrogen) atoms. The molecule has 0 saturated carbocycles. The van der Waals surface area contributed by atoms with Gasteiger partial charge in [0, 0.05) is 6.07 Å². The van der Waals surface area contributed by atoms with Crippen LogP contribution in [0.3, 0.4) is 0 Å². The fraction of sp³-hybridized carbons (Fsp3) is 0.0833. The number of nitro groups is 1. The van der Waals surface area contributed by atoms with Crippen LogP contribution >= 0.6 is 0 Å². The Morgan fingerprint density at radius 3 is 2.53 bits per heavy atom. The fourth-order valence-electron chi connectivity index (χ4n) is 3.33. The molecule has 4 rings (SSSR count). The van der Waals surface area contributed by atoms with E-state index in [0.717, 1.165) is 16.1 Å². The zero-order valence-electron chi connectivity index (χ0n) is 17.1. The van der Waals surface area contributed by atoms with E-state index in [1.165, 1.54) is 18.2 Å². The average molecular weight is 429 g/mol. The molecule has 3 aromatic carbocycles. The Bertz CT molecular complexity index is 1240. The van der Waals surface area contributed by atoms with E-state index in [4.69, 9.17) is 4.74 Å². The Balaban J connectivity index is 1.58. The van der Waals surface area contributed by atoms with Gasteiger partial charge >= 0.3 is 5.69 Å². The summed E-state index contributed by atoms with van der Waals surface area (Å²) in [6.07, 6.45) is 1.33. The van der Waals surface area contributed by atoms with Gasteiger partial charge in [-0.1, -0.05) is 54.1 Å². The van der Waals surface area contributed by atoms with Gasteiger partial charge in [-0.05, 0) is 42.3 Å². The first kappa shape index (κ1) is 20.8. The van der Waals surface area contributed by atoms with E-state index < -0.39 is 16.7 Å². The SMILES string of the molecule is Cc1cccc(COc2ccc(C=C3C(=O)NN(c4ccccc4)C3=O)cc2[N+](=O)[O-])c1. The third-order valence-corrected chi connectivity index (χ3v) is 4.87. The Hall–Kier alpha value is -4.46. The molecule has 1 aliphatic rings. The molecule has 2 amide bonds. The van der Waals surface area contributed by atoms with Crippen molar-refractivity contribution in [3.8, 4) is 5.75 Å². The van der Waals surface area contributed by atoms with Gasteiger partial charge in [-0.15, -0.1) is 0 Å². The normalized spacial score (nSPS) is 14.5. The Kier molecular flexibility index (Phi) is 5.67. The van der Waals surface area contributed by atoms with Crippen molar-refractivity contribution in [2.24, 2.45) is 0 Å². The average Bonchev–Trinajstić information content (AvgIpc) is 3.07. The first-order valence-electron chi connectivity index (χ1n) is 9.81. The summed E-state index contributed by atoms with van der Waals surface area (Å²) in [5.41, 5.74) is 4.94. The lowest BCUT2D eigenvalue weighted by atomic mass is 10.1. The largest absolute Gasteiger partial charge is 0.482 e. The number of carbonyl (C=O) groups is 2. The third kappa shape index (κ3) is 4.34. The number of nitro benzene ring substituents is 1. The Morgan fingerprint density at radius 1 is 1.03 bits per heavy atom. The number of benzene rings is 3. The van der Waals surface area contributed by atoms with Crippen LogP contribution in [-0.4, -0.2) is 16.7 Å². The van der Waals surface area contributed by atoms with E-state index in [-0.39, 0.29) is 23.6 Å². The van der Waals surface area contributed by atoms with Gasteiger partial charge < -0.3 is 4.74 Å². The molecule has 1 saturated heterocycles. The number of hydrogen-bond donors (Lipinski definition) is 1. The van der Waals surface area contributed by atoms with Crippen LogP contribution in [0.5, 0.6) is 5.75 Å². The van der Waals surface area contributed by atoms with E-state index in [9.17, 15) is 19.7 Å². The standard InChI is InChI=1S/C24H19N3O5/c1-16-6-5-7-18(12-16)15-32-22-11-10-17(14-21(22)27(30)31)13-20-23(28)25-26(24(20)29)19-8-3-2-4-9-19/h2-14H,15H2,1H3,(H,25,28). The second kappa shape index (κ2) is 8.73. The number of ether oxygens (including phenoxy) is 1. The molecule has 0 aliphatic carbocycles. The molecule has 0 radical (unpaired) electrons. The van der Waals surface area contributed by atoms with Crippen LogP contribution in [0.4, 0.5) is 11.4 Å². The van der Waals surface area contributed by atoms with E-state index in [2.05, 4.69) is 5.43 Å². The summed E-state index contributed by atoms with van der Waals surface area (Å²) >= 11 is 0. The van der Waals surface area contributed by atoms with Crippen molar-refractivity contribution in [3.63, 3.8) is 0 Å². The van der Waals surface area contributed by atoms with Gasteiger partial charge in [0.1, 0.15) is 12.2 Å². The molecule has 0 spiro atoms. The first-order valence-corrected chi connectivity index (χ1v) is 9.81. The highest BCUT2D eigenvalue weighted by atomic mass is 16.6. The lowest BCUT2D eigenvalue weighted by Crippen LogP contribution is -2.35. The monoisotopic (exact) mass is 429 g/mol. The van der Waals surface area contributed by atoms with Crippen molar-refractivity contribution in [1.82, 2.24) is 5.43 Å². The smallest absolute Gasteiger partial charge is 0.311 e. The predicted molar refractivity (Wildman–Crippen MR) is 119 cm³/mol. The number of carbonyl (C=O) groups excluding carboxylic acids is 2. The molecule has 0 atom stereocenters. The maximum absolute atomic E-state index is 12.7. The molecule has 0 unspecified atom stereocenters. The van der Waals surface area contributed by atoms with Gasteiger partial charge in [0.25, 0.3) is 11.8 Å². The van der Waals surface area contributed by atoms with Gasteiger partial charge in [-0.3, -0.25) is 25.1 Å². The number of amides is 2. The minimum atomic E-state index is -0.582. The molecular formula is C24H19N3O5. The number of rotatable bonds is 6. The molecule has 0 bridgehead atoms. The third-order valence-electron chi connectivity index (χ3n) is 4.87. The van der Waals surface area contributed by atoms with Gasteiger partial charge in [-0.25, -0.2) is 5.01 Å². The van der Waals surface area contributed by atoms with Crippen LogP contribution in [0.2, 0.25) is 0 Å². The molecule has 8 heteroatoms. The van der Waals surface area contributed by atoms with Gasteiger partial charge in [0.15, 0.2) is 5.75 Å². The Morgan fingerprint density at radius 2 is 1.81 bits per heavy atom. The lowest BCUT2D eigenvalue weighted by molar-refractivity contribution is -0.386. The molecule has 160 valence electrons. The van der Waals surface area contributed by atoms with Gasteiger partial charge in [0.05, 0.1) is 10.6 Å². The molecule has 3 aromatic rings. The number of hydrazine groups is 1. The van der Waals surface area contributed by atoms with Crippen LogP contribution in [0, 0.1) is 17.0 Å². The lowest BCUT2D eigenvalue weighted by Gasteiger charge is -2.13. The zero-order valence-corrected chi connectivity index (χ0v) is 17.1. The minimum absolute atomic E-state index is 0.103. The number of para-hydroxylation sites is 1. The topological polar surface area (TPSA) is 102 Å². The molecule has 1 N–H and O–H groups in total. The second-order valence-electron chi connectivity index (χ2n) is 7.24. The highest BCUT2D eigenvalue weighted by molar-refractivity contribution is 6.31. The maximum Gasteiger partial charge on any atom is 0.311 e. The summed E-state index contributed by atoms with van der Waals surface area (Å²) in [7, 11) is 0. The second-order valence-corrected chi connectivity index (χ2v) is 7.24. The molecule has 0 aromatic heterocycles. The molecule has 1 heterocycles. The van der Waals surface area contributed by atoms with E-state index in [0.29, 0.717) is 11.3 Å². The highest BCUT2D eigenvalue weighted by Crippen LogP contribution is 2.30. The zero-order chi connectivity index (χ0) is 22.7. The first-order chi connectivity index (χ1) is 15.4. The van der Waals surface area contributed by atoms with Crippen molar-refractivity contribution in [2.45, 2.75) is 13.5 Å². The highest BCUT2D eigenvalue weighted by Gasteiger charge is 2.34. The molecular weight excluding hydrogens is 410 g/mol. The molecule has 8 nitrogen and oxygen atoms in total. The number of hydrogen-bond acceptors (Lipinski definition) is 5. The van der Waals surface area contributed by atoms with Gasteiger partial charge in [0.2, 0.25) is 0 Å². The van der Waals surface area contributed by atoms with Crippen molar-refractivity contribution in [3.05, 3.63) is 105 Å². The summed E-state index contributed by atoms with van der Waals surface area (Å²) in [6.45, 7) is 2.13.